The van der Waals surface area contributed by atoms with Gasteiger partial charge in [-0.2, -0.15) is 0 Å². The molecule has 1 aliphatic heterocycles. The molecule has 1 unspecified atom stereocenters. The average molecular weight is 380 g/mol. The number of hydrogen-bond donors (Lipinski definition) is 0. The molecular formula is C23H28N2O3. The highest BCUT2D eigenvalue weighted by Crippen LogP contribution is 2.29. The van der Waals surface area contributed by atoms with Crippen LogP contribution < -0.4 is 9.47 Å². The van der Waals surface area contributed by atoms with Gasteiger partial charge in [0.05, 0.1) is 7.11 Å². The Balaban J connectivity index is 1.41. The first-order valence-electron chi connectivity index (χ1n) is 10.1. The number of hydrogen-bond acceptors (Lipinski definition) is 4. The minimum atomic E-state index is 0.0548. The van der Waals surface area contributed by atoms with Crippen molar-refractivity contribution >= 4 is 5.91 Å². The maximum Gasteiger partial charge on any atom is 0.260 e. The van der Waals surface area contributed by atoms with Crippen molar-refractivity contribution in [3.05, 3.63) is 60.2 Å². The van der Waals surface area contributed by atoms with E-state index in [2.05, 4.69) is 29.2 Å². The van der Waals surface area contributed by atoms with Gasteiger partial charge in [-0.15, -0.1) is 0 Å². The molecule has 0 radical (unpaired) electrons. The van der Waals surface area contributed by atoms with Gasteiger partial charge >= 0.3 is 0 Å². The minimum Gasteiger partial charge on any atom is -0.497 e. The molecule has 2 aromatic rings. The van der Waals surface area contributed by atoms with Gasteiger partial charge in [0, 0.05) is 37.8 Å². The van der Waals surface area contributed by atoms with E-state index >= 15 is 0 Å². The van der Waals surface area contributed by atoms with Gasteiger partial charge in [-0.3, -0.25) is 9.69 Å². The number of amides is 1. The van der Waals surface area contributed by atoms with Gasteiger partial charge in [-0.25, -0.2) is 0 Å². The Hall–Kier alpha value is -2.53. The van der Waals surface area contributed by atoms with Crippen LogP contribution in [0.15, 0.2) is 54.6 Å². The molecule has 1 aliphatic carbocycles. The lowest BCUT2D eigenvalue weighted by Gasteiger charge is -2.41. The molecule has 2 aliphatic rings. The zero-order chi connectivity index (χ0) is 19.3. The van der Waals surface area contributed by atoms with Crippen LogP contribution in [0.3, 0.4) is 0 Å². The molecule has 0 aromatic heterocycles. The molecule has 148 valence electrons. The molecule has 1 atom stereocenters. The number of carbonyl (C=O) groups is 1. The lowest BCUT2D eigenvalue weighted by Crippen LogP contribution is -2.57. The van der Waals surface area contributed by atoms with Crippen LogP contribution in [0, 0.1) is 0 Å². The van der Waals surface area contributed by atoms with Crippen molar-refractivity contribution < 1.29 is 14.3 Å². The van der Waals surface area contributed by atoms with Crippen LogP contribution in [0.25, 0.3) is 0 Å². The topological polar surface area (TPSA) is 42.0 Å². The van der Waals surface area contributed by atoms with Crippen LogP contribution >= 0.6 is 0 Å². The van der Waals surface area contributed by atoms with E-state index in [0.29, 0.717) is 5.75 Å². The Kier molecular flexibility index (Phi) is 5.81. The summed E-state index contributed by atoms with van der Waals surface area (Å²) in [6.07, 6.45) is 3.48. The lowest BCUT2D eigenvalue weighted by atomic mass is 10.0. The fraction of sp³-hybridized carbons (Fsp3) is 0.435. The minimum absolute atomic E-state index is 0.0548. The summed E-state index contributed by atoms with van der Waals surface area (Å²) in [5.41, 5.74) is 1.27. The molecule has 4 rings (SSSR count). The first kappa shape index (κ1) is 18.8. The van der Waals surface area contributed by atoms with Crippen molar-refractivity contribution in [2.75, 3.05) is 33.4 Å². The fourth-order valence-corrected chi connectivity index (χ4v) is 3.96. The number of methoxy groups -OCH3 is 1. The smallest absolute Gasteiger partial charge is 0.260 e. The van der Waals surface area contributed by atoms with Crippen LogP contribution in [0.5, 0.6) is 11.5 Å². The molecule has 1 amide bonds. The van der Waals surface area contributed by atoms with E-state index in [4.69, 9.17) is 9.47 Å². The van der Waals surface area contributed by atoms with Gasteiger partial charge in [-0.1, -0.05) is 36.4 Å². The van der Waals surface area contributed by atoms with E-state index in [1.807, 2.05) is 29.2 Å². The molecule has 5 nitrogen and oxygen atoms in total. The van der Waals surface area contributed by atoms with E-state index in [1.54, 1.807) is 13.2 Å². The zero-order valence-electron chi connectivity index (χ0n) is 16.4. The fourth-order valence-electron chi connectivity index (χ4n) is 3.96. The molecule has 2 aromatic carbocycles. The van der Waals surface area contributed by atoms with Crippen molar-refractivity contribution in [3.63, 3.8) is 0 Å². The molecule has 5 heteroatoms. The first-order chi connectivity index (χ1) is 13.7. The summed E-state index contributed by atoms with van der Waals surface area (Å²) >= 11 is 0. The summed E-state index contributed by atoms with van der Waals surface area (Å²) in [5.74, 6) is 1.44. The third-order valence-corrected chi connectivity index (χ3v) is 5.62. The van der Waals surface area contributed by atoms with Crippen molar-refractivity contribution in [1.82, 2.24) is 9.80 Å². The summed E-state index contributed by atoms with van der Waals surface area (Å²) in [7, 11) is 1.62. The largest absolute Gasteiger partial charge is 0.497 e. The maximum absolute atomic E-state index is 13.0. The summed E-state index contributed by atoms with van der Waals surface area (Å²) in [6, 6.07) is 18.8. The number of rotatable bonds is 7. The second-order valence-corrected chi connectivity index (χ2v) is 7.62. The standard InChI is InChI=1S/C23H28N2O3/c1-27-21-8-5-9-22(15-21)28-17-23(26)25-13-12-24(19-10-11-19)16-20(25)14-18-6-3-2-4-7-18/h2-9,15,19-20H,10-14,16-17H2,1H3. The highest BCUT2D eigenvalue weighted by molar-refractivity contribution is 5.78. The van der Waals surface area contributed by atoms with Crippen LogP contribution in [0.4, 0.5) is 0 Å². The highest BCUT2D eigenvalue weighted by atomic mass is 16.5. The predicted octanol–water partition coefficient (Wildman–Crippen LogP) is 2.99. The van der Waals surface area contributed by atoms with Crippen LogP contribution in [-0.2, 0) is 11.2 Å². The van der Waals surface area contributed by atoms with Gasteiger partial charge in [0.15, 0.2) is 6.61 Å². The number of piperazine rings is 1. The Bertz CT molecular complexity index is 791. The van der Waals surface area contributed by atoms with E-state index in [0.717, 1.165) is 37.8 Å². The molecule has 0 bridgehead atoms. The lowest BCUT2D eigenvalue weighted by molar-refractivity contribution is -0.138. The van der Waals surface area contributed by atoms with Gasteiger partial charge in [0.1, 0.15) is 11.5 Å². The molecule has 1 heterocycles. The van der Waals surface area contributed by atoms with Crippen LogP contribution in [-0.4, -0.2) is 61.1 Å². The van der Waals surface area contributed by atoms with Crippen molar-refractivity contribution in [1.29, 1.82) is 0 Å². The second kappa shape index (κ2) is 8.65. The second-order valence-electron chi connectivity index (χ2n) is 7.62. The molecule has 0 spiro atoms. The zero-order valence-corrected chi connectivity index (χ0v) is 16.4. The molecule has 1 saturated heterocycles. The third-order valence-electron chi connectivity index (χ3n) is 5.62. The summed E-state index contributed by atoms with van der Waals surface area (Å²) in [4.78, 5) is 17.5. The summed E-state index contributed by atoms with van der Waals surface area (Å²) < 4.78 is 11.0. The van der Waals surface area contributed by atoms with Gasteiger partial charge in [-0.05, 0) is 37.0 Å². The quantitative estimate of drug-likeness (QED) is 0.741. The van der Waals surface area contributed by atoms with Crippen molar-refractivity contribution in [2.24, 2.45) is 0 Å². The number of nitrogens with zero attached hydrogens (tertiary/aromatic N) is 2. The van der Waals surface area contributed by atoms with E-state index in [1.165, 1.54) is 18.4 Å². The van der Waals surface area contributed by atoms with E-state index < -0.39 is 0 Å². The molecule has 0 N–H and O–H groups in total. The first-order valence-corrected chi connectivity index (χ1v) is 10.1. The Labute approximate surface area is 166 Å². The van der Waals surface area contributed by atoms with Gasteiger partial charge < -0.3 is 14.4 Å². The van der Waals surface area contributed by atoms with Gasteiger partial charge in [0.2, 0.25) is 0 Å². The maximum atomic E-state index is 13.0. The number of benzene rings is 2. The monoisotopic (exact) mass is 380 g/mol. The number of carbonyl (C=O) groups excluding carboxylic acids is 1. The Morgan fingerprint density at radius 3 is 2.57 bits per heavy atom. The summed E-state index contributed by atoms with van der Waals surface area (Å²) in [6.45, 7) is 2.74. The predicted molar refractivity (Wildman–Crippen MR) is 109 cm³/mol. The third kappa shape index (κ3) is 4.65. The van der Waals surface area contributed by atoms with E-state index in [9.17, 15) is 4.79 Å². The van der Waals surface area contributed by atoms with Crippen molar-refractivity contribution in [3.8, 4) is 11.5 Å². The number of ether oxygens (including phenoxy) is 2. The molecular weight excluding hydrogens is 352 g/mol. The average Bonchev–Trinajstić information content (AvgIpc) is 3.58. The van der Waals surface area contributed by atoms with Crippen LogP contribution in [0.1, 0.15) is 18.4 Å². The SMILES string of the molecule is COc1cccc(OCC(=O)N2CCN(C3CC3)CC2Cc2ccccc2)c1. The van der Waals surface area contributed by atoms with Gasteiger partial charge in [0.25, 0.3) is 5.91 Å². The summed E-state index contributed by atoms with van der Waals surface area (Å²) in [5, 5.41) is 0. The van der Waals surface area contributed by atoms with Crippen molar-refractivity contribution in [2.45, 2.75) is 31.3 Å². The molecule has 28 heavy (non-hydrogen) atoms. The molecule has 2 fully saturated rings. The highest BCUT2D eigenvalue weighted by Gasteiger charge is 2.37. The van der Waals surface area contributed by atoms with Crippen LogP contribution in [0.2, 0.25) is 0 Å². The Morgan fingerprint density at radius 1 is 1.04 bits per heavy atom. The van der Waals surface area contributed by atoms with E-state index in [-0.39, 0.29) is 18.6 Å². The molecule has 1 saturated carbocycles. The normalized spacial score (nSPS) is 20.0. The Morgan fingerprint density at radius 2 is 1.82 bits per heavy atom.